The summed E-state index contributed by atoms with van der Waals surface area (Å²) >= 11 is 0. The summed E-state index contributed by atoms with van der Waals surface area (Å²) < 4.78 is 6.46. The van der Waals surface area contributed by atoms with Crippen LogP contribution in [0.2, 0.25) is 0 Å². The topological polar surface area (TPSA) is 11.3 Å². The lowest BCUT2D eigenvalue weighted by atomic mass is 9.84. The first-order chi connectivity index (χ1) is 15.9. The standard InChI is InChI=1S/C32H29O/c1-22-15-17-25-19-28(32(2,3)4)31(27(25)18-16-22)26-20-29(23-11-7-5-8-12-23)33-30(21-26)24-13-9-6-10-14-24/h5-21H,1-4H3/q+1. The van der Waals surface area contributed by atoms with Gasteiger partial charge in [0.05, 0.1) is 23.3 Å². The van der Waals surface area contributed by atoms with Crippen LogP contribution in [-0.2, 0) is 5.41 Å². The molecule has 0 amide bonds. The van der Waals surface area contributed by atoms with E-state index >= 15 is 0 Å². The molecule has 1 heterocycles. The van der Waals surface area contributed by atoms with Crippen molar-refractivity contribution < 1.29 is 4.42 Å². The van der Waals surface area contributed by atoms with E-state index in [9.17, 15) is 0 Å². The summed E-state index contributed by atoms with van der Waals surface area (Å²) in [5.74, 6) is 1.75. The molecule has 0 N–H and O–H groups in total. The molecule has 1 nitrogen and oxygen atoms in total. The van der Waals surface area contributed by atoms with Crippen molar-refractivity contribution in [2.75, 3.05) is 0 Å². The lowest BCUT2D eigenvalue weighted by Crippen LogP contribution is -2.11. The number of hydrogen-bond donors (Lipinski definition) is 0. The van der Waals surface area contributed by atoms with E-state index in [-0.39, 0.29) is 5.41 Å². The van der Waals surface area contributed by atoms with Gasteiger partial charge in [0, 0.05) is 5.56 Å². The SMILES string of the molecule is Cc1ccc2cc(C(C)(C)C)c(-c3cc(-c4ccccc4)[o+]c(-c4ccccc4)c3)c-2cc1. The molecule has 0 saturated carbocycles. The van der Waals surface area contributed by atoms with Gasteiger partial charge in [-0.05, 0) is 64.9 Å². The van der Waals surface area contributed by atoms with Gasteiger partial charge < -0.3 is 0 Å². The van der Waals surface area contributed by atoms with Gasteiger partial charge in [0.1, 0.15) is 0 Å². The first kappa shape index (κ1) is 21.2. The summed E-state index contributed by atoms with van der Waals surface area (Å²) in [5, 5.41) is 0. The maximum Gasteiger partial charge on any atom is 0.361 e. The minimum atomic E-state index is 0.00870. The lowest BCUT2D eigenvalue weighted by Gasteiger charge is -2.20. The molecule has 33 heavy (non-hydrogen) atoms. The molecule has 2 aliphatic rings. The van der Waals surface area contributed by atoms with E-state index in [1.165, 1.54) is 33.4 Å². The zero-order valence-electron chi connectivity index (χ0n) is 19.7. The Kier molecular flexibility index (Phi) is 5.34. The quantitative estimate of drug-likeness (QED) is 0.260. The van der Waals surface area contributed by atoms with Crippen molar-refractivity contribution in [2.45, 2.75) is 33.1 Å². The highest BCUT2D eigenvalue weighted by molar-refractivity contribution is 5.92. The number of hydrogen-bond acceptors (Lipinski definition) is 0. The zero-order chi connectivity index (χ0) is 23.0. The molecule has 0 fully saturated rings. The summed E-state index contributed by atoms with van der Waals surface area (Å²) in [6, 6.07) is 36.4. The van der Waals surface area contributed by atoms with Crippen molar-refractivity contribution >= 4 is 0 Å². The highest BCUT2D eigenvalue weighted by Crippen LogP contribution is 2.46. The largest absolute Gasteiger partial charge is 0.361 e. The van der Waals surface area contributed by atoms with E-state index < -0.39 is 0 Å². The van der Waals surface area contributed by atoms with Crippen LogP contribution in [0.4, 0.5) is 0 Å². The highest BCUT2D eigenvalue weighted by Gasteiger charge is 2.28. The molecule has 3 aromatic rings. The van der Waals surface area contributed by atoms with Crippen molar-refractivity contribution in [3.05, 3.63) is 114 Å². The number of aryl methyl sites for hydroxylation is 1. The van der Waals surface area contributed by atoms with Crippen LogP contribution >= 0.6 is 0 Å². The maximum atomic E-state index is 6.46. The molecule has 1 heteroatoms. The monoisotopic (exact) mass is 429 g/mol. The molecule has 0 atom stereocenters. The first-order valence-corrected chi connectivity index (χ1v) is 11.5. The van der Waals surface area contributed by atoms with Gasteiger partial charge in [-0.25, -0.2) is 4.42 Å². The van der Waals surface area contributed by atoms with Crippen LogP contribution in [-0.4, -0.2) is 0 Å². The fraction of sp³-hybridized carbons (Fsp3) is 0.156. The van der Waals surface area contributed by atoms with Crippen molar-refractivity contribution in [1.29, 1.82) is 0 Å². The first-order valence-electron chi connectivity index (χ1n) is 11.5. The van der Waals surface area contributed by atoms with E-state index in [1.54, 1.807) is 0 Å². The Balaban J connectivity index is 1.83. The van der Waals surface area contributed by atoms with Crippen molar-refractivity contribution in [2.24, 2.45) is 0 Å². The predicted molar refractivity (Wildman–Crippen MR) is 139 cm³/mol. The Labute approximate surface area is 196 Å². The third-order valence-electron chi connectivity index (χ3n) is 6.19. The smallest absolute Gasteiger partial charge is 0.207 e. The fourth-order valence-electron chi connectivity index (χ4n) is 4.44. The molecule has 5 rings (SSSR count). The molecule has 2 aliphatic carbocycles. The summed E-state index contributed by atoms with van der Waals surface area (Å²) in [7, 11) is 0. The second-order valence-corrected chi connectivity index (χ2v) is 9.77. The molecule has 0 spiro atoms. The van der Waals surface area contributed by atoms with Gasteiger partial charge in [0.15, 0.2) is 0 Å². The molecule has 0 bridgehead atoms. The minimum absolute atomic E-state index is 0.00870. The van der Waals surface area contributed by atoms with E-state index in [4.69, 9.17) is 4.42 Å². The summed E-state index contributed by atoms with van der Waals surface area (Å²) in [6.07, 6.45) is 0. The molecule has 0 saturated heterocycles. The zero-order valence-corrected chi connectivity index (χ0v) is 19.7. The minimum Gasteiger partial charge on any atom is -0.207 e. The second kappa shape index (κ2) is 8.33. The summed E-state index contributed by atoms with van der Waals surface area (Å²) in [6.45, 7) is 9.02. The van der Waals surface area contributed by atoms with Crippen LogP contribution in [0.5, 0.6) is 0 Å². The van der Waals surface area contributed by atoms with E-state index in [0.717, 1.165) is 22.6 Å². The van der Waals surface area contributed by atoms with Crippen LogP contribution in [0.1, 0.15) is 31.9 Å². The molecule has 0 radical (unpaired) electrons. The van der Waals surface area contributed by atoms with Gasteiger partial charge in [-0.1, -0.05) is 87.0 Å². The Hall–Kier alpha value is -3.71. The van der Waals surface area contributed by atoms with Crippen LogP contribution in [0.3, 0.4) is 0 Å². The maximum absolute atomic E-state index is 6.46. The predicted octanol–water partition coefficient (Wildman–Crippen LogP) is 9.27. The second-order valence-electron chi connectivity index (χ2n) is 9.77. The van der Waals surface area contributed by atoms with Crippen LogP contribution in [0.15, 0.2) is 108 Å². The Morgan fingerprint density at radius 2 is 1.09 bits per heavy atom. The normalized spacial score (nSPS) is 11.6. The third-order valence-corrected chi connectivity index (χ3v) is 6.19. The van der Waals surface area contributed by atoms with Crippen molar-refractivity contribution in [3.8, 4) is 44.9 Å². The van der Waals surface area contributed by atoms with Crippen molar-refractivity contribution in [1.82, 2.24) is 0 Å². The van der Waals surface area contributed by atoms with E-state index in [0.29, 0.717) is 0 Å². The van der Waals surface area contributed by atoms with Crippen molar-refractivity contribution in [3.63, 3.8) is 0 Å². The molecule has 162 valence electrons. The third kappa shape index (κ3) is 4.19. The molecule has 1 aromatic heterocycles. The summed E-state index contributed by atoms with van der Waals surface area (Å²) in [4.78, 5) is 0. The molecule has 0 unspecified atom stereocenters. The van der Waals surface area contributed by atoms with Gasteiger partial charge in [-0.3, -0.25) is 0 Å². The molecule has 0 aliphatic heterocycles. The van der Waals surface area contributed by atoms with Gasteiger partial charge in [-0.15, -0.1) is 0 Å². The van der Waals surface area contributed by atoms with Gasteiger partial charge >= 0.3 is 11.5 Å². The Morgan fingerprint density at radius 3 is 1.64 bits per heavy atom. The molecular formula is C32H29O+. The molecule has 2 aromatic carbocycles. The van der Waals surface area contributed by atoms with Gasteiger partial charge in [-0.2, -0.15) is 0 Å². The van der Waals surface area contributed by atoms with E-state index in [1.807, 2.05) is 12.1 Å². The highest BCUT2D eigenvalue weighted by atomic mass is 16.3. The Morgan fingerprint density at radius 1 is 0.545 bits per heavy atom. The molecular weight excluding hydrogens is 400 g/mol. The summed E-state index contributed by atoms with van der Waals surface area (Å²) in [5.41, 5.74) is 9.79. The average molecular weight is 430 g/mol. The van der Waals surface area contributed by atoms with Crippen LogP contribution in [0.25, 0.3) is 44.9 Å². The van der Waals surface area contributed by atoms with Crippen LogP contribution < -0.4 is 0 Å². The van der Waals surface area contributed by atoms with Crippen LogP contribution in [0, 0.1) is 6.92 Å². The fourth-order valence-corrected chi connectivity index (χ4v) is 4.44. The number of fused-ring (bicyclic) bond motifs is 1. The van der Waals surface area contributed by atoms with Gasteiger partial charge in [0.25, 0.3) is 0 Å². The number of benzene rings is 2. The van der Waals surface area contributed by atoms with Gasteiger partial charge in [0.2, 0.25) is 0 Å². The number of rotatable bonds is 3. The average Bonchev–Trinajstić information content (AvgIpc) is 3.12. The Bertz CT molecular complexity index is 1320. The lowest BCUT2D eigenvalue weighted by molar-refractivity contribution is 0.581. The van der Waals surface area contributed by atoms with E-state index in [2.05, 4.69) is 119 Å².